The summed E-state index contributed by atoms with van der Waals surface area (Å²) in [7, 11) is 0. The van der Waals surface area contributed by atoms with Gasteiger partial charge in [0, 0.05) is 19.6 Å². The van der Waals surface area contributed by atoms with Crippen molar-refractivity contribution < 1.29 is 19.4 Å². The highest BCUT2D eigenvalue weighted by molar-refractivity contribution is 5.74. The zero-order chi connectivity index (χ0) is 23.8. The van der Waals surface area contributed by atoms with E-state index in [1.54, 1.807) is 0 Å². The first-order chi connectivity index (χ1) is 15.3. The van der Waals surface area contributed by atoms with Crippen molar-refractivity contribution in [2.45, 2.75) is 117 Å². The lowest BCUT2D eigenvalue weighted by molar-refractivity contribution is -0.147. The van der Waals surface area contributed by atoms with Gasteiger partial charge >= 0.3 is 12.0 Å². The van der Waals surface area contributed by atoms with Crippen molar-refractivity contribution in [1.29, 1.82) is 0 Å². The van der Waals surface area contributed by atoms with Crippen LogP contribution in [-0.4, -0.2) is 54.4 Å². The Labute approximate surface area is 196 Å². The second-order valence-corrected chi connectivity index (χ2v) is 10.2. The van der Waals surface area contributed by atoms with Crippen LogP contribution in [0.25, 0.3) is 0 Å². The normalized spacial score (nSPS) is 19.0. The molecule has 0 radical (unpaired) electrons. The third-order valence-electron chi connectivity index (χ3n) is 6.83. The Morgan fingerprint density at radius 2 is 1.75 bits per heavy atom. The number of carboxylic acids is 1. The smallest absolute Gasteiger partial charge is 0.317 e. The minimum atomic E-state index is -0.715. The topological polar surface area (TPSA) is 78.9 Å². The number of nitrogens with zero attached hydrogens (tertiary/aromatic N) is 1. The summed E-state index contributed by atoms with van der Waals surface area (Å²) in [6.07, 6.45) is 14.3. The van der Waals surface area contributed by atoms with Crippen molar-refractivity contribution in [2.75, 3.05) is 26.2 Å². The van der Waals surface area contributed by atoms with E-state index in [2.05, 4.69) is 19.2 Å². The lowest BCUT2D eigenvalue weighted by Gasteiger charge is -2.31. The molecule has 2 unspecified atom stereocenters. The molecule has 1 saturated carbocycles. The molecule has 188 valence electrons. The fourth-order valence-electron chi connectivity index (χ4n) is 4.36. The van der Waals surface area contributed by atoms with E-state index in [1.165, 1.54) is 32.1 Å². The first kappa shape index (κ1) is 28.7. The Hall–Kier alpha value is -1.30. The number of hydrogen-bond acceptors (Lipinski definition) is 3. The van der Waals surface area contributed by atoms with Gasteiger partial charge in [-0.2, -0.15) is 0 Å². The highest BCUT2D eigenvalue weighted by Gasteiger charge is 2.30. The molecule has 32 heavy (non-hydrogen) atoms. The highest BCUT2D eigenvalue weighted by atomic mass is 16.5. The van der Waals surface area contributed by atoms with Crippen molar-refractivity contribution >= 4 is 12.0 Å². The molecule has 0 aromatic rings. The highest BCUT2D eigenvalue weighted by Crippen LogP contribution is 2.33. The minimum Gasteiger partial charge on any atom is -0.481 e. The fourth-order valence-corrected chi connectivity index (χ4v) is 4.36. The maximum absolute atomic E-state index is 12.6. The summed E-state index contributed by atoms with van der Waals surface area (Å²) < 4.78 is 6.21. The lowest BCUT2D eigenvalue weighted by atomic mass is 9.79. The van der Waals surface area contributed by atoms with Crippen LogP contribution < -0.4 is 5.32 Å². The molecule has 0 aromatic carbocycles. The molecule has 1 rings (SSSR count). The van der Waals surface area contributed by atoms with Gasteiger partial charge in [0.1, 0.15) is 0 Å². The maximum Gasteiger partial charge on any atom is 0.317 e. The van der Waals surface area contributed by atoms with Crippen molar-refractivity contribution in [2.24, 2.45) is 11.3 Å². The summed E-state index contributed by atoms with van der Waals surface area (Å²) >= 11 is 0. The van der Waals surface area contributed by atoms with Crippen molar-refractivity contribution in [3.05, 3.63) is 0 Å². The molecule has 2 amide bonds. The van der Waals surface area contributed by atoms with E-state index < -0.39 is 11.4 Å². The predicted octanol–water partition coefficient (Wildman–Crippen LogP) is 6.23. The number of carboxylic acid groups (broad SMARTS) is 1. The summed E-state index contributed by atoms with van der Waals surface area (Å²) in [6, 6.07) is 0.0370. The van der Waals surface area contributed by atoms with Crippen LogP contribution in [0.2, 0.25) is 0 Å². The molecule has 0 aromatic heterocycles. The van der Waals surface area contributed by atoms with Crippen molar-refractivity contribution in [3.8, 4) is 0 Å². The largest absolute Gasteiger partial charge is 0.481 e. The SMILES string of the molecule is CCCCCCCN(CCOC1CCCC(CCC(C)(C)C(=O)O)C1)C(=O)NCCCC. The van der Waals surface area contributed by atoms with Gasteiger partial charge in [0.25, 0.3) is 0 Å². The quantitative estimate of drug-likeness (QED) is 0.255. The van der Waals surface area contributed by atoms with Gasteiger partial charge < -0.3 is 20.1 Å². The van der Waals surface area contributed by atoms with Crippen LogP contribution in [0.3, 0.4) is 0 Å². The molecule has 2 N–H and O–H groups in total. The summed E-state index contributed by atoms with van der Waals surface area (Å²) in [6.45, 7) is 10.7. The number of nitrogens with one attached hydrogen (secondary N) is 1. The Bertz CT molecular complexity index is 524. The third kappa shape index (κ3) is 12.1. The summed E-state index contributed by atoms with van der Waals surface area (Å²) in [5.41, 5.74) is -0.656. The molecule has 6 nitrogen and oxygen atoms in total. The van der Waals surface area contributed by atoms with Crippen molar-refractivity contribution in [3.63, 3.8) is 0 Å². The molecule has 1 aliphatic carbocycles. The van der Waals surface area contributed by atoms with Crippen LogP contribution >= 0.6 is 0 Å². The fraction of sp³-hybridized carbons (Fsp3) is 0.923. The average molecular weight is 455 g/mol. The van der Waals surface area contributed by atoms with Gasteiger partial charge in [-0.05, 0) is 58.3 Å². The van der Waals surface area contributed by atoms with Gasteiger partial charge in [-0.3, -0.25) is 4.79 Å². The molecule has 0 bridgehead atoms. The Balaban J connectivity index is 2.41. The molecule has 0 aliphatic heterocycles. The summed E-state index contributed by atoms with van der Waals surface area (Å²) in [5.74, 6) is -0.174. The molecule has 1 fully saturated rings. The second-order valence-electron chi connectivity index (χ2n) is 10.2. The molecule has 1 aliphatic rings. The van der Waals surface area contributed by atoms with Gasteiger partial charge in [-0.15, -0.1) is 0 Å². The molecule has 0 heterocycles. The first-order valence-electron chi connectivity index (χ1n) is 13.2. The maximum atomic E-state index is 12.6. The number of carbonyl (C=O) groups excluding carboxylic acids is 1. The van der Waals surface area contributed by atoms with Gasteiger partial charge in [0.2, 0.25) is 0 Å². The van der Waals surface area contributed by atoms with E-state index in [1.807, 2.05) is 18.7 Å². The Morgan fingerprint density at radius 1 is 1.03 bits per heavy atom. The number of carbonyl (C=O) groups is 2. The molecule has 0 saturated heterocycles. The monoisotopic (exact) mass is 454 g/mol. The van der Waals surface area contributed by atoms with E-state index in [0.29, 0.717) is 25.5 Å². The van der Waals surface area contributed by atoms with Gasteiger partial charge in [0.05, 0.1) is 18.1 Å². The third-order valence-corrected chi connectivity index (χ3v) is 6.83. The number of urea groups is 1. The van der Waals surface area contributed by atoms with Crippen LogP contribution in [0.4, 0.5) is 4.79 Å². The van der Waals surface area contributed by atoms with E-state index >= 15 is 0 Å². The standard InChI is InChI=1S/C26H50N2O4/c1-5-7-9-10-11-18-28(25(31)27-17-8-6-2)19-20-32-23-14-12-13-22(21-23)15-16-26(3,4)24(29)30/h22-23H,5-21H2,1-4H3,(H,27,31)(H,29,30). The molecule has 0 spiro atoms. The van der Waals surface area contributed by atoms with E-state index in [-0.39, 0.29) is 12.1 Å². The zero-order valence-corrected chi connectivity index (χ0v) is 21.3. The molecule has 2 atom stereocenters. The predicted molar refractivity (Wildman–Crippen MR) is 131 cm³/mol. The average Bonchev–Trinajstić information content (AvgIpc) is 2.76. The molecular weight excluding hydrogens is 404 g/mol. The number of aliphatic carboxylic acids is 1. The second kappa shape index (κ2) is 16.3. The summed E-state index contributed by atoms with van der Waals surface area (Å²) in [4.78, 5) is 25.9. The van der Waals surface area contributed by atoms with E-state index in [4.69, 9.17) is 4.74 Å². The van der Waals surface area contributed by atoms with Crippen LogP contribution in [0.5, 0.6) is 0 Å². The minimum absolute atomic E-state index is 0.0370. The van der Waals surface area contributed by atoms with E-state index in [9.17, 15) is 14.7 Å². The van der Waals surface area contributed by atoms with Gasteiger partial charge in [-0.25, -0.2) is 4.79 Å². The molecule has 6 heteroatoms. The van der Waals surface area contributed by atoms with Crippen LogP contribution in [0, 0.1) is 11.3 Å². The van der Waals surface area contributed by atoms with Crippen LogP contribution in [-0.2, 0) is 9.53 Å². The Kier molecular flexibility index (Phi) is 14.7. The number of rotatable bonds is 17. The van der Waals surface area contributed by atoms with Gasteiger partial charge in [-0.1, -0.05) is 58.8 Å². The molecular formula is C26H50N2O4. The first-order valence-corrected chi connectivity index (χ1v) is 13.2. The summed E-state index contributed by atoms with van der Waals surface area (Å²) in [5, 5.41) is 12.4. The van der Waals surface area contributed by atoms with Crippen LogP contribution in [0.1, 0.15) is 111 Å². The number of unbranched alkanes of at least 4 members (excludes halogenated alkanes) is 5. The van der Waals surface area contributed by atoms with Crippen LogP contribution in [0.15, 0.2) is 0 Å². The van der Waals surface area contributed by atoms with E-state index in [0.717, 1.165) is 58.0 Å². The van der Waals surface area contributed by atoms with Crippen molar-refractivity contribution in [1.82, 2.24) is 10.2 Å². The number of amides is 2. The lowest BCUT2D eigenvalue weighted by Crippen LogP contribution is -2.43. The Morgan fingerprint density at radius 3 is 2.44 bits per heavy atom. The van der Waals surface area contributed by atoms with Gasteiger partial charge in [0.15, 0.2) is 0 Å². The number of hydrogen-bond donors (Lipinski definition) is 2. The number of ether oxygens (including phenoxy) is 1. The zero-order valence-electron chi connectivity index (χ0n) is 21.3.